The van der Waals surface area contributed by atoms with Gasteiger partial charge in [-0.3, -0.25) is 4.79 Å². The summed E-state index contributed by atoms with van der Waals surface area (Å²) in [5, 5.41) is 0. The third-order valence-corrected chi connectivity index (χ3v) is 4.61. The Balaban J connectivity index is 1.93. The second-order valence-corrected chi connectivity index (χ2v) is 6.26. The van der Waals surface area contributed by atoms with Crippen molar-refractivity contribution >= 4 is 27.5 Å². The van der Waals surface area contributed by atoms with E-state index in [-0.39, 0.29) is 5.91 Å². The van der Waals surface area contributed by atoms with Crippen molar-refractivity contribution in [1.29, 1.82) is 0 Å². The van der Waals surface area contributed by atoms with Gasteiger partial charge in [-0.05, 0) is 45.8 Å². The van der Waals surface area contributed by atoms with E-state index in [0.717, 1.165) is 17.8 Å². The summed E-state index contributed by atoms with van der Waals surface area (Å²) in [5.74, 6) is -0.560. The van der Waals surface area contributed by atoms with Crippen LogP contribution in [0, 0.1) is 5.82 Å². The molecule has 0 radical (unpaired) electrons. The highest BCUT2D eigenvalue weighted by Gasteiger charge is 2.23. The van der Waals surface area contributed by atoms with Gasteiger partial charge >= 0.3 is 0 Å². The van der Waals surface area contributed by atoms with E-state index in [9.17, 15) is 9.18 Å². The molecular formula is C17H16BrFN2O. The Morgan fingerprint density at radius 2 is 1.95 bits per heavy atom. The molecule has 0 bridgehead atoms. The summed E-state index contributed by atoms with van der Waals surface area (Å²) in [4.78, 5) is 16.7. The number of benzene rings is 2. The molecule has 0 spiro atoms. The van der Waals surface area contributed by atoms with Gasteiger partial charge in [-0.2, -0.15) is 0 Å². The van der Waals surface area contributed by atoms with Gasteiger partial charge in [0.15, 0.2) is 0 Å². The maximum atomic E-state index is 13.5. The minimum Gasteiger partial charge on any atom is -0.373 e. The number of anilines is 1. The minimum atomic E-state index is -0.404. The lowest BCUT2D eigenvalue weighted by atomic mass is 10.1. The van der Waals surface area contributed by atoms with E-state index in [4.69, 9.17) is 0 Å². The third-order valence-electron chi connectivity index (χ3n) is 3.92. The average molecular weight is 363 g/mol. The zero-order valence-corrected chi connectivity index (χ0v) is 13.8. The summed E-state index contributed by atoms with van der Waals surface area (Å²) >= 11 is 3.34. The second-order valence-electron chi connectivity index (χ2n) is 5.40. The molecule has 0 aliphatic carbocycles. The fraction of sp³-hybridized carbons (Fsp3) is 0.235. The Morgan fingerprint density at radius 3 is 2.77 bits per heavy atom. The van der Waals surface area contributed by atoms with Crippen molar-refractivity contribution in [1.82, 2.24) is 4.90 Å². The summed E-state index contributed by atoms with van der Waals surface area (Å²) in [7, 11) is 2.02. The van der Waals surface area contributed by atoms with Gasteiger partial charge in [0, 0.05) is 36.8 Å². The van der Waals surface area contributed by atoms with Crippen LogP contribution in [-0.2, 0) is 6.54 Å². The van der Waals surface area contributed by atoms with Crippen molar-refractivity contribution in [2.24, 2.45) is 0 Å². The summed E-state index contributed by atoms with van der Waals surface area (Å²) in [6, 6.07) is 12.2. The van der Waals surface area contributed by atoms with Gasteiger partial charge in [-0.25, -0.2) is 4.39 Å². The number of nitrogens with zero attached hydrogens (tertiary/aromatic N) is 2. The van der Waals surface area contributed by atoms with E-state index in [1.165, 1.54) is 12.1 Å². The third kappa shape index (κ3) is 2.86. The van der Waals surface area contributed by atoms with E-state index in [0.29, 0.717) is 23.1 Å². The lowest BCUT2D eigenvalue weighted by Crippen LogP contribution is -2.34. The molecule has 0 saturated carbocycles. The highest BCUT2D eigenvalue weighted by atomic mass is 79.9. The van der Waals surface area contributed by atoms with Gasteiger partial charge < -0.3 is 9.80 Å². The first-order valence-electron chi connectivity index (χ1n) is 7.09. The first-order valence-corrected chi connectivity index (χ1v) is 7.89. The van der Waals surface area contributed by atoms with Crippen LogP contribution in [0.3, 0.4) is 0 Å². The topological polar surface area (TPSA) is 23.6 Å². The van der Waals surface area contributed by atoms with E-state index in [2.05, 4.69) is 26.9 Å². The van der Waals surface area contributed by atoms with Gasteiger partial charge in [0.25, 0.3) is 5.91 Å². The smallest absolute Gasteiger partial charge is 0.255 e. The maximum Gasteiger partial charge on any atom is 0.255 e. The van der Waals surface area contributed by atoms with Crippen molar-refractivity contribution < 1.29 is 9.18 Å². The van der Waals surface area contributed by atoms with Crippen LogP contribution in [0.5, 0.6) is 0 Å². The Bertz CT molecular complexity index is 720. The first-order chi connectivity index (χ1) is 10.6. The van der Waals surface area contributed by atoms with Crippen LogP contribution in [0.1, 0.15) is 15.9 Å². The zero-order valence-electron chi connectivity index (χ0n) is 12.2. The molecule has 2 aromatic carbocycles. The van der Waals surface area contributed by atoms with E-state index >= 15 is 0 Å². The maximum absolute atomic E-state index is 13.5. The Kier molecular flexibility index (Phi) is 4.16. The average Bonchev–Trinajstić information content (AvgIpc) is 2.69. The van der Waals surface area contributed by atoms with E-state index in [1.54, 1.807) is 11.0 Å². The van der Waals surface area contributed by atoms with Crippen LogP contribution >= 0.6 is 15.9 Å². The molecule has 0 aromatic heterocycles. The quantitative estimate of drug-likeness (QED) is 0.772. The SMILES string of the molecule is CN1CCN(C(=O)c2cc(F)ccc2Br)Cc2ccccc21. The highest BCUT2D eigenvalue weighted by Crippen LogP contribution is 2.26. The number of hydrogen-bond donors (Lipinski definition) is 0. The van der Waals surface area contributed by atoms with E-state index in [1.807, 2.05) is 25.2 Å². The zero-order chi connectivity index (χ0) is 15.7. The Hall–Kier alpha value is -1.88. The van der Waals surface area contributed by atoms with Crippen molar-refractivity contribution in [2.45, 2.75) is 6.54 Å². The number of amides is 1. The second kappa shape index (κ2) is 6.08. The van der Waals surface area contributed by atoms with Gasteiger partial charge in [0.1, 0.15) is 5.82 Å². The summed E-state index contributed by atoms with van der Waals surface area (Å²) in [6.45, 7) is 1.88. The predicted octanol–water partition coefficient (Wildman–Crippen LogP) is 3.68. The first kappa shape index (κ1) is 15.0. The number of rotatable bonds is 1. The van der Waals surface area contributed by atoms with Gasteiger partial charge in [-0.1, -0.05) is 18.2 Å². The van der Waals surface area contributed by atoms with Crippen molar-refractivity contribution in [3.63, 3.8) is 0 Å². The largest absolute Gasteiger partial charge is 0.373 e. The van der Waals surface area contributed by atoms with Crippen molar-refractivity contribution in [2.75, 3.05) is 25.0 Å². The lowest BCUT2D eigenvalue weighted by molar-refractivity contribution is 0.0750. The molecule has 0 unspecified atom stereocenters. The normalized spacial score (nSPS) is 14.5. The van der Waals surface area contributed by atoms with Crippen LogP contribution in [0.2, 0.25) is 0 Å². The number of likely N-dealkylation sites (N-methyl/N-ethyl adjacent to an activating group) is 1. The molecule has 3 nitrogen and oxygen atoms in total. The molecule has 0 saturated heterocycles. The molecule has 0 atom stereocenters. The fourth-order valence-corrected chi connectivity index (χ4v) is 3.11. The van der Waals surface area contributed by atoms with E-state index < -0.39 is 5.82 Å². The van der Waals surface area contributed by atoms with Crippen molar-refractivity contribution in [3.05, 3.63) is 63.9 Å². The van der Waals surface area contributed by atoms with Crippen LogP contribution in [-0.4, -0.2) is 30.9 Å². The fourth-order valence-electron chi connectivity index (χ4n) is 2.70. The predicted molar refractivity (Wildman–Crippen MR) is 88.6 cm³/mol. The molecule has 114 valence electrons. The van der Waals surface area contributed by atoms with Gasteiger partial charge in [-0.15, -0.1) is 0 Å². The van der Waals surface area contributed by atoms with Crippen molar-refractivity contribution in [3.8, 4) is 0 Å². The lowest BCUT2D eigenvalue weighted by Gasteiger charge is -2.21. The summed E-state index contributed by atoms with van der Waals surface area (Å²) in [5.41, 5.74) is 2.60. The standard InChI is InChI=1S/C17H16BrFN2O/c1-20-8-9-21(11-12-4-2-3-5-16(12)20)17(22)14-10-13(19)6-7-15(14)18/h2-7,10H,8-9,11H2,1H3. The number of hydrogen-bond acceptors (Lipinski definition) is 2. The van der Waals surface area contributed by atoms with Gasteiger partial charge in [0.05, 0.1) is 5.56 Å². The Labute approximate surface area is 137 Å². The number of carbonyl (C=O) groups excluding carboxylic acids is 1. The van der Waals surface area contributed by atoms with Crippen LogP contribution in [0.4, 0.5) is 10.1 Å². The highest BCUT2D eigenvalue weighted by molar-refractivity contribution is 9.10. The van der Waals surface area contributed by atoms with Gasteiger partial charge in [0.2, 0.25) is 0 Å². The number of carbonyl (C=O) groups is 1. The number of fused-ring (bicyclic) bond motifs is 1. The molecule has 0 fully saturated rings. The molecule has 1 heterocycles. The van der Waals surface area contributed by atoms with Crippen LogP contribution in [0.15, 0.2) is 46.9 Å². The number of halogens is 2. The molecule has 0 N–H and O–H groups in total. The van der Waals surface area contributed by atoms with Crippen LogP contribution < -0.4 is 4.90 Å². The molecule has 22 heavy (non-hydrogen) atoms. The molecule has 3 rings (SSSR count). The number of para-hydroxylation sites is 1. The summed E-state index contributed by atoms with van der Waals surface area (Å²) in [6.07, 6.45) is 0. The summed E-state index contributed by atoms with van der Waals surface area (Å²) < 4.78 is 14.1. The molecule has 1 aliphatic rings. The molecule has 1 aliphatic heterocycles. The minimum absolute atomic E-state index is 0.156. The molecule has 5 heteroatoms. The monoisotopic (exact) mass is 362 g/mol. The Morgan fingerprint density at radius 1 is 1.18 bits per heavy atom. The molecule has 1 amide bonds. The van der Waals surface area contributed by atoms with Crippen LogP contribution in [0.25, 0.3) is 0 Å². The molecule has 2 aromatic rings. The molecular weight excluding hydrogens is 347 g/mol.